The Bertz CT molecular complexity index is 816. The van der Waals surface area contributed by atoms with E-state index in [4.69, 9.17) is 11.6 Å². The highest BCUT2D eigenvalue weighted by molar-refractivity contribution is 6.30. The molecule has 3 rings (SSSR count). The number of rotatable bonds is 4. The van der Waals surface area contributed by atoms with Crippen molar-refractivity contribution in [3.8, 4) is 0 Å². The molecule has 22 heavy (non-hydrogen) atoms. The quantitative estimate of drug-likeness (QED) is 0.529. The third-order valence-corrected chi connectivity index (χ3v) is 4.08. The summed E-state index contributed by atoms with van der Waals surface area (Å²) in [5.74, 6) is 0. The van der Waals surface area contributed by atoms with Crippen LogP contribution in [0.2, 0.25) is 5.02 Å². The van der Waals surface area contributed by atoms with Crippen molar-refractivity contribution in [3.63, 3.8) is 0 Å². The monoisotopic (exact) mass is 311 g/mol. The summed E-state index contributed by atoms with van der Waals surface area (Å²) < 4.78 is 2.30. The van der Waals surface area contributed by atoms with Gasteiger partial charge in [-0.3, -0.25) is 5.43 Å². The van der Waals surface area contributed by atoms with E-state index in [1.165, 1.54) is 16.6 Å². The summed E-state index contributed by atoms with van der Waals surface area (Å²) in [6, 6.07) is 15.9. The minimum atomic E-state index is 0.719. The Kier molecular flexibility index (Phi) is 4.16. The number of halogens is 1. The molecule has 1 aromatic heterocycles. The summed E-state index contributed by atoms with van der Waals surface area (Å²) in [6.45, 7) is 5.24. The summed E-state index contributed by atoms with van der Waals surface area (Å²) in [5, 5.41) is 6.31. The van der Waals surface area contributed by atoms with Crippen LogP contribution in [0.15, 0.2) is 53.6 Å². The Morgan fingerprint density at radius 1 is 1.14 bits per heavy atom. The second kappa shape index (κ2) is 6.24. The molecule has 0 aliphatic carbocycles. The van der Waals surface area contributed by atoms with Crippen LogP contribution in [0.4, 0.5) is 5.69 Å². The van der Waals surface area contributed by atoms with Crippen molar-refractivity contribution in [2.45, 2.75) is 20.4 Å². The zero-order chi connectivity index (χ0) is 15.5. The number of hydrogen-bond acceptors (Lipinski definition) is 2. The predicted molar refractivity (Wildman–Crippen MR) is 95.0 cm³/mol. The van der Waals surface area contributed by atoms with Crippen LogP contribution in [0, 0.1) is 6.92 Å². The second-order valence-electron chi connectivity index (χ2n) is 5.14. The summed E-state index contributed by atoms with van der Waals surface area (Å²) in [7, 11) is 0. The number of para-hydroxylation sites is 1. The summed E-state index contributed by atoms with van der Waals surface area (Å²) in [6.07, 6.45) is 1.89. The van der Waals surface area contributed by atoms with Crippen LogP contribution in [-0.4, -0.2) is 10.8 Å². The van der Waals surface area contributed by atoms with Gasteiger partial charge in [0, 0.05) is 33.7 Å². The Hall–Kier alpha value is -2.26. The molecule has 0 saturated heterocycles. The highest BCUT2D eigenvalue weighted by Crippen LogP contribution is 2.24. The normalized spacial score (nSPS) is 11.4. The number of nitrogens with one attached hydrogen (secondary N) is 1. The van der Waals surface area contributed by atoms with Crippen molar-refractivity contribution in [1.82, 2.24) is 4.57 Å². The van der Waals surface area contributed by atoms with Gasteiger partial charge in [-0.25, -0.2) is 0 Å². The molecule has 0 bridgehead atoms. The van der Waals surface area contributed by atoms with E-state index in [1.807, 2.05) is 30.5 Å². The molecule has 0 unspecified atom stereocenters. The van der Waals surface area contributed by atoms with Crippen molar-refractivity contribution in [3.05, 3.63) is 64.8 Å². The van der Waals surface area contributed by atoms with Crippen LogP contribution in [0.3, 0.4) is 0 Å². The van der Waals surface area contributed by atoms with Crippen molar-refractivity contribution < 1.29 is 0 Å². The van der Waals surface area contributed by atoms with Crippen molar-refractivity contribution in [1.29, 1.82) is 0 Å². The highest BCUT2D eigenvalue weighted by atomic mass is 35.5. The lowest BCUT2D eigenvalue weighted by Crippen LogP contribution is -1.97. The highest BCUT2D eigenvalue weighted by Gasteiger charge is 2.10. The number of aromatic nitrogens is 1. The molecule has 0 amide bonds. The van der Waals surface area contributed by atoms with E-state index in [0.717, 1.165) is 22.8 Å². The van der Waals surface area contributed by atoms with E-state index in [2.05, 4.69) is 53.2 Å². The van der Waals surface area contributed by atoms with E-state index in [1.54, 1.807) is 0 Å². The first-order chi connectivity index (χ1) is 10.7. The van der Waals surface area contributed by atoms with Gasteiger partial charge in [0.25, 0.3) is 0 Å². The lowest BCUT2D eigenvalue weighted by atomic mass is 10.1. The van der Waals surface area contributed by atoms with E-state index in [9.17, 15) is 0 Å². The zero-order valence-electron chi connectivity index (χ0n) is 12.7. The van der Waals surface area contributed by atoms with Crippen LogP contribution in [0.1, 0.15) is 18.2 Å². The maximum absolute atomic E-state index is 5.88. The Morgan fingerprint density at radius 2 is 1.86 bits per heavy atom. The number of fused-ring (bicyclic) bond motifs is 1. The fourth-order valence-electron chi connectivity index (χ4n) is 2.72. The Balaban J connectivity index is 1.91. The number of hydrazone groups is 1. The van der Waals surface area contributed by atoms with E-state index in [-0.39, 0.29) is 0 Å². The molecule has 0 saturated carbocycles. The van der Waals surface area contributed by atoms with E-state index >= 15 is 0 Å². The fraction of sp³-hybridized carbons (Fsp3) is 0.167. The number of anilines is 1. The molecule has 3 nitrogen and oxygen atoms in total. The topological polar surface area (TPSA) is 29.3 Å². The van der Waals surface area contributed by atoms with E-state index in [0.29, 0.717) is 0 Å². The van der Waals surface area contributed by atoms with Crippen LogP contribution < -0.4 is 5.43 Å². The molecular formula is C18H18ClN3. The molecule has 0 aliphatic heterocycles. The van der Waals surface area contributed by atoms with Gasteiger partial charge in [0.2, 0.25) is 0 Å². The Morgan fingerprint density at radius 3 is 2.59 bits per heavy atom. The van der Waals surface area contributed by atoms with Gasteiger partial charge in [-0.05, 0) is 44.2 Å². The first-order valence-electron chi connectivity index (χ1n) is 7.33. The number of nitrogens with zero attached hydrogens (tertiary/aromatic N) is 2. The van der Waals surface area contributed by atoms with Crippen LogP contribution in [-0.2, 0) is 6.54 Å². The minimum Gasteiger partial charge on any atom is -0.344 e. The SMILES string of the molecule is CCn1c(C)c(/C=N/Nc2ccc(Cl)cc2)c2ccccc21. The molecule has 0 radical (unpaired) electrons. The lowest BCUT2D eigenvalue weighted by molar-refractivity contribution is 0.769. The maximum Gasteiger partial charge on any atom is 0.0569 e. The first kappa shape index (κ1) is 14.7. The third kappa shape index (κ3) is 2.72. The largest absolute Gasteiger partial charge is 0.344 e. The number of benzene rings is 2. The molecule has 0 aliphatic rings. The average Bonchev–Trinajstić information content (AvgIpc) is 2.81. The van der Waals surface area contributed by atoms with Crippen LogP contribution >= 0.6 is 11.6 Å². The van der Waals surface area contributed by atoms with Gasteiger partial charge in [0.15, 0.2) is 0 Å². The molecule has 1 heterocycles. The molecule has 0 atom stereocenters. The molecular weight excluding hydrogens is 294 g/mol. The van der Waals surface area contributed by atoms with Gasteiger partial charge < -0.3 is 4.57 Å². The summed E-state index contributed by atoms with van der Waals surface area (Å²) >= 11 is 5.88. The second-order valence-corrected chi connectivity index (χ2v) is 5.57. The minimum absolute atomic E-state index is 0.719. The van der Waals surface area contributed by atoms with Gasteiger partial charge in [0.1, 0.15) is 0 Å². The summed E-state index contributed by atoms with van der Waals surface area (Å²) in [4.78, 5) is 0. The number of hydrogen-bond donors (Lipinski definition) is 1. The summed E-state index contributed by atoms with van der Waals surface area (Å²) in [5.41, 5.74) is 7.58. The smallest absolute Gasteiger partial charge is 0.0569 e. The van der Waals surface area contributed by atoms with Crippen molar-refractivity contribution >= 4 is 34.4 Å². The molecule has 3 aromatic rings. The van der Waals surface area contributed by atoms with Gasteiger partial charge >= 0.3 is 0 Å². The standard InChI is InChI=1S/C18H18ClN3/c1-3-22-13(2)17(16-6-4-5-7-18(16)22)12-20-21-15-10-8-14(19)9-11-15/h4-12,21H,3H2,1-2H3/b20-12+. The average molecular weight is 312 g/mol. The van der Waals surface area contributed by atoms with Crippen LogP contribution in [0.25, 0.3) is 10.9 Å². The number of aryl methyl sites for hydroxylation is 1. The van der Waals surface area contributed by atoms with E-state index < -0.39 is 0 Å². The molecule has 0 spiro atoms. The van der Waals surface area contributed by atoms with Gasteiger partial charge in [-0.15, -0.1) is 0 Å². The first-order valence-corrected chi connectivity index (χ1v) is 7.71. The Labute approximate surface area is 135 Å². The molecule has 4 heteroatoms. The van der Waals surface area contributed by atoms with Gasteiger partial charge in [-0.2, -0.15) is 5.10 Å². The molecule has 1 N–H and O–H groups in total. The van der Waals surface area contributed by atoms with Crippen LogP contribution in [0.5, 0.6) is 0 Å². The predicted octanol–water partition coefficient (Wildman–Crippen LogP) is 5.07. The zero-order valence-corrected chi connectivity index (χ0v) is 13.4. The molecule has 2 aromatic carbocycles. The van der Waals surface area contributed by atoms with Gasteiger partial charge in [0.05, 0.1) is 11.9 Å². The fourth-order valence-corrected chi connectivity index (χ4v) is 2.85. The van der Waals surface area contributed by atoms with Crippen molar-refractivity contribution in [2.24, 2.45) is 5.10 Å². The van der Waals surface area contributed by atoms with Crippen molar-refractivity contribution in [2.75, 3.05) is 5.43 Å². The third-order valence-electron chi connectivity index (χ3n) is 3.83. The van der Waals surface area contributed by atoms with Gasteiger partial charge in [-0.1, -0.05) is 29.8 Å². The molecule has 0 fully saturated rings. The maximum atomic E-state index is 5.88. The lowest BCUT2D eigenvalue weighted by Gasteiger charge is -2.03. The molecule has 112 valence electrons.